The molecular formula is C13H17NO2. The van der Waals surface area contributed by atoms with Crippen LogP contribution in [0.4, 0.5) is 0 Å². The van der Waals surface area contributed by atoms with Gasteiger partial charge in [0.25, 0.3) is 0 Å². The van der Waals surface area contributed by atoms with Gasteiger partial charge in [-0.05, 0) is 29.7 Å². The van der Waals surface area contributed by atoms with Gasteiger partial charge in [0.2, 0.25) is 5.91 Å². The lowest BCUT2D eigenvalue weighted by atomic mass is 10.2. The summed E-state index contributed by atoms with van der Waals surface area (Å²) in [5, 5.41) is 0. The number of benzene rings is 1. The Hall–Kier alpha value is -1.77. The first kappa shape index (κ1) is 12.3. The van der Waals surface area contributed by atoms with E-state index >= 15 is 0 Å². The van der Waals surface area contributed by atoms with E-state index in [0.717, 1.165) is 11.3 Å². The van der Waals surface area contributed by atoms with E-state index in [-0.39, 0.29) is 0 Å². The smallest absolute Gasteiger partial charge is 0.241 e. The molecule has 1 amide bonds. The predicted octanol–water partition coefficient (Wildman–Crippen LogP) is 2.22. The Morgan fingerprint density at radius 3 is 2.50 bits per heavy atom. The Balaban J connectivity index is 2.57. The summed E-state index contributed by atoms with van der Waals surface area (Å²) in [4.78, 5) is 10.5. The van der Waals surface area contributed by atoms with Gasteiger partial charge in [0.05, 0.1) is 6.61 Å². The van der Waals surface area contributed by atoms with Gasteiger partial charge in [-0.2, -0.15) is 0 Å². The van der Waals surface area contributed by atoms with Crippen molar-refractivity contribution in [3.05, 3.63) is 35.9 Å². The number of hydrogen-bond acceptors (Lipinski definition) is 2. The number of carbonyl (C=O) groups excluding carboxylic acids is 1. The van der Waals surface area contributed by atoms with Crippen molar-refractivity contribution in [3.8, 4) is 5.75 Å². The molecule has 3 heteroatoms. The normalized spacial score (nSPS) is 10.9. The third-order valence-corrected chi connectivity index (χ3v) is 1.90. The van der Waals surface area contributed by atoms with Crippen molar-refractivity contribution < 1.29 is 9.53 Å². The van der Waals surface area contributed by atoms with Gasteiger partial charge in [0.1, 0.15) is 5.75 Å². The molecule has 86 valence electrons. The molecule has 0 spiro atoms. The molecule has 0 saturated heterocycles. The highest BCUT2D eigenvalue weighted by Crippen LogP contribution is 2.13. The molecule has 3 nitrogen and oxygen atoms in total. The Kier molecular flexibility index (Phi) is 4.58. The van der Waals surface area contributed by atoms with Crippen LogP contribution in [-0.2, 0) is 4.79 Å². The third-order valence-electron chi connectivity index (χ3n) is 1.90. The zero-order valence-corrected chi connectivity index (χ0v) is 9.64. The molecule has 1 aromatic rings. The van der Waals surface area contributed by atoms with Gasteiger partial charge < -0.3 is 10.5 Å². The number of carbonyl (C=O) groups is 1. The van der Waals surface area contributed by atoms with Crippen molar-refractivity contribution in [1.29, 1.82) is 0 Å². The SMILES string of the molecule is CC(C)COc1ccc(/C=C/C(N)=O)cc1. The van der Waals surface area contributed by atoms with E-state index in [0.29, 0.717) is 12.5 Å². The topological polar surface area (TPSA) is 52.3 Å². The molecule has 0 aromatic heterocycles. The average Bonchev–Trinajstić information content (AvgIpc) is 2.25. The van der Waals surface area contributed by atoms with Crippen LogP contribution in [0.25, 0.3) is 6.08 Å². The highest BCUT2D eigenvalue weighted by molar-refractivity contribution is 5.90. The summed E-state index contributed by atoms with van der Waals surface area (Å²) >= 11 is 0. The maximum absolute atomic E-state index is 10.5. The maximum Gasteiger partial charge on any atom is 0.241 e. The molecule has 0 aliphatic heterocycles. The fraction of sp³-hybridized carbons (Fsp3) is 0.308. The number of primary amides is 1. The lowest BCUT2D eigenvalue weighted by Gasteiger charge is -2.08. The van der Waals surface area contributed by atoms with Crippen LogP contribution >= 0.6 is 0 Å². The van der Waals surface area contributed by atoms with Crippen LogP contribution in [0, 0.1) is 5.92 Å². The second-order valence-corrected chi connectivity index (χ2v) is 4.01. The van der Waals surface area contributed by atoms with Crippen molar-refractivity contribution in [2.45, 2.75) is 13.8 Å². The van der Waals surface area contributed by atoms with Crippen LogP contribution in [0.3, 0.4) is 0 Å². The van der Waals surface area contributed by atoms with Gasteiger partial charge in [-0.15, -0.1) is 0 Å². The molecular weight excluding hydrogens is 202 g/mol. The largest absolute Gasteiger partial charge is 0.493 e. The molecule has 0 fully saturated rings. The van der Waals surface area contributed by atoms with Gasteiger partial charge >= 0.3 is 0 Å². The quantitative estimate of drug-likeness (QED) is 0.772. The lowest BCUT2D eigenvalue weighted by molar-refractivity contribution is -0.113. The maximum atomic E-state index is 10.5. The first-order valence-electron chi connectivity index (χ1n) is 5.28. The van der Waals surface area contributed by atoms with E-state index in [9.17, 15) is 4.79 Å². The van der Waals surface area contributed by atoms with Crippen molar-refractivity contribution in [2.75, 3.05) is 6.61 Å². The molecule has 0 atom stereocenters. The molecule has 0 saturated carbocycles. The van der Waals surface area contributed by atoms with E-state index in [1.807, 2.05) is 24.3 Å². The summed E-state index contributed by atoms with van der Waals surface area (Å²) in [6.07, 6.45) is 3.01. The minimum atomic E-state index is -0.444. The fourth-order valence-electron chi connectivity index (χ4n) is 1.12. The molecule has 0 unspecified atom stereocenters. The van der Waals surface area contributed by atoms with E-state index in [1.165, 1.54) is 6.08 Å². The van der Waals surface area contributed by atoms with Crippen LogP contribution in [0.15, 0.2) is 30.3 Å². The molecule has 1 rings (SSSR count). The van der Waals surface area contributed by atoms with Crippen LogP contribution in [-0.4, -0.2) is 12.5 Å². The lowest BCUT2D eigenvalue weighted by Crippen LogP contribution is -2.05. The summed E-state index contributed by atoms with van der Waals surface area (Å²) in [5.41, 5.74) is 5.93. The molecule has 16 heavy (non-hydrogen) atoms. The van der Waals surface area contributed by atoms with Crippen molar-refractivity contribution in [2.24, 2.45) is 11.7 Å². The monoisotopic (exact) mass is 219 g/mol. The van der Waals surface area contributed by atoms with Gasteiger partial charge in [-0.25, -0.2) is 0 Å². The standard InChI is InChI=1S/C13H17NO2/c1-10(2)9-16-12-6-3-11(4-7-12)5-8-13(14)15/h3-8,10H,9H2,1-2H3,(H2,14,15)/b8-5+. The minimum absolute atomic E-state index is 0.444. The Morgan fingerprint density at radius 1 is 1.38 bits per heavy atom. The molecule has 0 aliphatic carbocycles. The first-order chi connectivity index (χ1) is 7.58. The summed E-state index contributed by atoms with van der Waals surface area (Å²) < 4.78 is 5.53. The molecule has 0 radical (unpaired) electrons. The average molecular weight is 219 g/mol. The molecule has 0 aliphatic rings. The highest BCUT2D eigenvalue weighted by Gasteiger charge is 1.96. The van der Waals surface area contributed by atoms with Crippen LogP contribution in [0.2, 0.25) is 0 Å². The van der Waals surface area contributed by atoms with Crippen LogP contribution in [0.5, 0.6) is 5.75 Å². The number of rotatable bonds is 5. The summed E-state index contributed by atoms with van der Waals surface area (Å²) in [5.74, 6) is 0.902. The van der Waals surface area contributed by atoms with E-state index in [2.05, 4.69) is 13.8 Å². The zero-order valence-electron chi connectivity index (χ0n) is 9.64. The highest BCUT2D eigenvalue weighted by atomic mass is 16.5. The van der Waals surface area contributed by atoms with Crippen molar-refractivity contribution >= 4 is 12.0 Å². The Bertz CT molecular complexity index is 366. The summed E-state index contributed by atoms with van der Waals surface area (Å²) in [6, 6.07) is 7.52. The van der Waals surface area contributed by atoms with Gasteiger partial charge in [-0.3, -0.25) is 4.79 Å². The molecule has 2 N–H and O–H groups in total. The first-order valence-corrected chi connectivity index (χ1v) is 5.28. The molecule has 0 heterocycles. The summed E-state index contributed by atoms with van der Waals surface area (Å²) in [6.45, 7) is 4.91. The van der Waals surface area contributed by atoms with Crippen LogP contribution < -0.4 is 10.5 Å². The minimum Gasteiger partial charge on any atom is -0.493 e. The number of ether oxygens (including phenoxy) is 1. The number of nitrogens with two attached hydrogens (primary N) is 1. The van der Waals surface area contributed by atoms with Crippen LogP contribution in [0.1, 0.15) is 19.4 Å². The second-order valence-electron chi connectivity index (χ2n) is 4.01. The van der Waals surface area contributed by atoms with Gasteiger partial charge in [0.15, 0.2) is 0 Å². The van der Waals surface area contributed by atoms with Gasteiger partial charge in [0, 0.05) is 6.08 Å². The van der Waals surface area contributed by atoms with E-state index in [1.54, 1.807) is 6.08 Å². The molecule has 1 aromatic carbocycles. The molecule has 0 bridgehead atoms. The van der Waals surface area contributed by atoms with Crippen molar-refractivity contribution in [1.82, 2.24) is 0 Å². The van der Waals surface area contributed by atoms with Gasteiger partial charge in [-0.1, -0.05) is 26.0 Å². The van der Waals surface area contributed by atoms with E-state index in [4.69, 9.17) is 10.5 Å². The second kappa shape index (κ2) is 5.95. The number of amides is 1. The third kappa shape index (κ3) is 4.64. The number of hydrogen-bond donors (Lipinski definition) is 1. The Labute approximate surface area is 95.9 Å². The Morgan fingerprint density at radius 2 is 2.00 bits per heavy atom. The zero-order chi connectivity index (χ0) is 12.0. The fourth-order valence-corrected chi connectivity index (χ4v) is 1.12. The van der Waals surface area contributed by atoms with Crippen molar-refractivity contribution in [3.63, 3.8) is 0 Å². The predicted molar refractivity (Wildman–Crippen MR) is 65.0 cm³/mol. The summed E-state index contributed by atoms with van der Waals surface area (Å²) in [7, 11) is 0. The van der Waals surface area contributed by atoms with E-state index < -0.39 is 5.91 Å².